The fraction of sp³-hybridized carbons (Fsp3) is 0.278. The van der Waals surface area contributed by atoms with Gasteiger partial charge in [0.25, 0.3) is 0 Å². The quantitative estimate of drug-likeness (QED) is 0.727. The van der Waals surface area contributed by atoms with E-state index >= 15 is 0 Å². The SMILES string of the molecule is CC(C(=O)N1CCCc2ncccc21)n1c(=O)oc2ccccc21. The van der Waals surface area contributed by atoms with E-state index in [9.17, 15) is 9.59 Å². The molecule has 122 valence electrons. The molecular formula is C18H17N3O3. The normalized spacial score (nSPS) is 15.3. The molecule has 3 heterocycles. The number of hydrogen-bond acceptors (Lipinski definition) is 4. The second-order valence-electron chi connectivity index (χ2n) is 5.94. The van der Waals surface area contributed by atoms with Crippen LogP contribution in [0.1, 0.15) is 25.1 Å². The van der Waals surface area contributed by atoms with Crippen LogP contribution in [0.15, 0.2) is 51.8 Å². The lowest BCUT2D eigenvalue weighted by Gasteiger charge is -2.30. The first-order valence-corrected chi connectivity index (χ1v) is 8.02. The number of carbonyl (C=O) groups excluding carboxylic acids is 1. The third-order valence-electron chi connectivity index (χ3n) is 4.48. The van der Waals surface area contributed by atoms with E-state index in [1.54, 1.807) is 36.2 Å². The third-order valence-corrected chi connectivity index (χ3v) is 4.48. The second kappa shape index (κ2) is 5.63. The van der Waals surface area contributed by atoms with Crippen molar-refractivity contribution in [1.82, 2.24) is 9.55 Å². The molecule has 4 rings (SSSR count). The molecule has 6 heteroatoms. The largest absolute Gasteiger partial charge is 0.420 e. The minimum Gasteiger partial charge on any atom is -0.408 e. The molecule has 1 amide bonds. The van der Waals surface area contributed by atoms with Gasteiger partial charge in [0.2, 0.25) is 5.91 Å². The molecule has 3 aromatic rings. The van der Waals surface area contributed by atoms with E-state index in [1.165, 1.54) is 4.57 Å². The first-order chi connectivity index (χ1) is 11.7. The smallest absolute Gasteiger partial charge is 0.408 e. The van der Waals surface area contributed by atoms with Crippen molar-refractivity contribution >= 4 is 22.7 Å². The van der Waals surface area contributed by atoms with Crippen molar-refractivity contribution in [2.45, 2.75) is 25.8 Å². The van der Waals surface area contributed by atoms with Gasteiger partial charge < -0.3 is 9.32 Å². The van der Waals surface area contributed by atoms with Crippen LogP contribution in [0.4, 0.5) is 5.69 Å². The highest BCUT2D eigenvalue weighted by atomic mass is 16.4. The fourth-order valence-electron chi connectivity index (χ4n) is 3.31. The molecule has 1 unspecified atom stereocenters. The topological polar surface area (TPSA) is 68.3 Å². The number of nitrogens with zero attached hydrogens (tertiary/aromatic N) is 3. The maximum absolute atomic E-state index is 13.1. The summed E-state index contributed by atoms with van der Waals surface area (Å²) in [5.41, 5.74) is 2.88. The van der Waals surface area contributed by atoms with Crippen molar-refractivity contribution in [3.05, 3.63) is 58.8 Å². The summed E-state index contributed by atoms with van der Waals surface area (Å²) in [5, 5.41) is 0. The molecular weight excluding hydrogens is 306 g/mol. The lowest BCUT2D eigenvalue weighted by Crippen LogP contribution is -2.41. The Bertz CT molecular complexity index is 973. The summed E-state index contributed by atoms with van der Waals surface area (Å²) in [5.74, 6) is -0.641. The Morgan fingerprint density at radius 2 is 2.08 bits per heavy atom. The number of carbonyl (C=O) groups is 1. The Hall–Kier alpha value is -2.89. The monoisotopic (exact) mass is 323 g/mol. The van der Waals surface area contributed by atoms with E-state index in [0.717, 1.165) is 24.2 Å². The average molecular weight is 323 g/mol. The third kappa shape index (κ3) is 2.22. The van der Waals surface area contributed by atoms with Crippen LogP contribution in [0.25, 0.3) is 11.1 Å². The van der Waals surface area contributed by atoms with Crippen molar-refractivity contribution in [3.63, 3.8) is 0 Å². The summed E-state index contributed by atoms with van der Waals surface area (Å²) in [7, 11) is 0. The Labute approximate surface area is 138 Å². The maximum atomic E-state index is 13.1. The molecule has 0 fully saturated rings. The van der Waals surface area contributed by atoms with Crippen LogP contribution in [0, 0.1) is 0 Å². The minimum atomic E-state index is -0.646. The zero-order chi connectivity index (χ0) is 16.7. The van der Waals surface area contributed by atoms with E-state index in [2.05, 4.69) is 4.98 Å². The summed E-state index contributed by atoms with van der Waals surface area (Å²) in [6.07, 6.45) is 3.47. The van der Waals surface area contributed by atoms with Crippen LogP contribution in [0.2, 0.25) is 0 Å². The lowest BCUT2D eigenvalue weighted by atomic mass is 10.1. The number of benzene rings is 1. The van der Waals surface area contributed by atoms with Crippen molar-refractivity contribution in [2.75, 3.05) is 11.4 Å². The minimum absolute atomic E-state index is 0.127. The Morgan fingerprint density at radius 1 is 1.25 bits per heavy atom. The number of aryl methyl sites for hydroxylation is 1. The molecule has 0 spiro atoms. The number of pyridine rings is 1. The zero-order valence-corrected chi connectivity index (χ0v) is 13.3. The van der Waals surface area contributed by atoms with Crippen LogP contribution in [0.5, 0.6) is 0 Å². The van der Waals surface area contributed by atoms with Gasteiger partial charge in [-0.1, -0.05) is 12.1 Å². The first-order valence-electron chi connectivity index (χ1n) is 8.02. The molecule has 6 nitrogen and oxygen atoms in total. The van der Waals surface area contributed by atoms with Crippen molar-refractivity contribution in [2.24, 2.45) is 0 Å². The second-order valence-corrected chi connectivity index (χ2v) is 5.94. The number of oxazole rings is 1. The van der Waals surface area contributed by atoms with Crippen molar-refractivity contribution in [1.29, 1.82) is 0 Å². The van der Waals surface area contributed by atoms with Crippen LogP contribution in [0.3, 0.4) is 0 Å². The van der Waals surface area contributed by atoms with Gasteiger partial charge in [0.05, 0.1) is 16.9 Å². The molecule has 1 atom stereocenters. The zero-order valence-electron chi connectivity index (χ0n) is 13.3. The number of hydrogen-bond donors (Lipinski definition) is 0. The molecule has 1 aromatic carbocycles. The summed E-state index contributed by atoms with van der Waals surface area (Å²) in [6.45, 7) is 2.36. The van der Waals surface area contributed by atoms with Gasteiger partial charge in [-0.3, -0.25) is 14.3 Å². The number of fused-ring (bicyclic) bond motifs is 2. The molecule has 0 bridgehead atoms. The summed E-state index contributed by atoms with van der Waals surface area (Å²) >= 11 is 0. The van der Waals surface area contributed by atoms with E-state index in [1.807, 2.05) is 18.2 Å². The van der Waals surface area contributed by atoms with Crippen LogP contribution < -0.4 is 10.7 Å². The van der Waals surface area contributed by atoms with E-state index in [0.29, 0.717) is 17.6 Å². The lowest BCUT2D eigenvalue weighted by molar-refractivity contribution is -0.121. The summed E-state index contributed by atoms with van der Waals surface area (Å²) in [4.78, 5) is 31.4. The number of aromatic nitrogens is 2. The van der Waals surface area contributed by atoms with Crippen molar-refractivity contribution in [3.8, 4) is 0 Å². The molecule has 0 radical (unpaired) electrons. The Morgan fingerprint density at radius 3 is 2.96 bits per heavy atom. The molecule has 0 saturated carbocycles. The van der Waals surface area contributed by atoms with Gasteiger partial charge in [-0.25, -0.2) is 4.79 Å². The van der Waals surface area contributed by atoms with Crippen LogP contribution in [-0.2, 0) is 11.2 Å². The molecule has 1 aliphatic heterocycles. The fourth-order valence-corrected chi connectivity index (χ4v) is 3.31. The number of para-hydroxylation sites is 2. The first kappa shape index (κ1) is 14.7. The van der Waals surface area contributed by atoms with Gasteiger partial charge >= 0.3 is 5.76 Å². The molecule has 1 aliphatic rings. The summed E-state index contributed by atoms with van der Waals surface area (Å²) in [6, 6.07) is 10.2. The van der Waals surface area contributed by atoms with Gasteiger partial charge in [-0.05, 0) is 44.0 Å². The standard InChI is InChI=1S/C18H17N3O3/c1-12(21-15-7-2-3-9-16(15)24-18(21)23)17(22)20-11-5-6-13-14(20)8-4-10-19-13/h2-4,7-10,12H,5-6,11H2,1H3. The van der Waals surface area contributed by atoms with E-state index in [-0.39, 0.29) is 5.91 Å². The van der Waals surface area contributed by atoms with Crippen molar-refractivity contribution < 1.29 is 9.21 Å². The Kier molecular flexibility index (Phi) is 3.45. The van der Waals surface area contributed by atoms with Gasteiger partial charge in [0, 0.05) is 12.7 Å². The van der Waals surface area contributed by atoms with Gasteiger partial charge in [-0.2, -0.15) is 0 Å². The molecule has 2 aromatic heterocycles. The maximum Gasteiger partial charge on any atom is 0.420 e. The van der Waals surface area contributed by atoms with Gasteiger partial charge in [0.1, 0.15) is 6.04 Å². The predicted molar refractivity (Wildman–Crippen MR) is 90.1 cm³/mol. The van der Waals surface area contributed by atoms with E-state index < -0.39 is 11.8 Å². The molecule has 0 saturated heterocycles. The number of rotatable bonds is 2. The molecule has 0 N–H and O–H groups in total. The van der Waals surface area contributed by atoms with Crippen LogP contribution in [-0.4, -0.2) is 22.0 Å². The van der Waals surface area contributed by atoms with Crippen LogP contribution >= 0.6 is 0 Å². The van der Waals surface area contributed by atoms with E-state index in [4.69, 9.17) is 4.42 Å². The predicted octanol–water partition coefficient (Wildman–Crippen LogP) is 2.53. The molecule has 0 aliphatic carbocycles. The Balaban J connectivity index is 1.75. The number of amides is 1. The van der Waals surface area contributed by atoms with Gasteiger partial charge in [0.15, 0.2) is 5.58 Å². The highest BCUT2D eigenvalue weighted by molar-refractivity contribution is 5.97. The average Bonchev–Trinajstić information content (AvgIpc) is 2.95. The number of anilines is 1. The highest BCUT2D eigenvalue weighted by Gasteiger charge is 2.29. The summed E-state index contributed by atoms with van der Waals surface area (Å²) < 4.78 is 6.67. The molecule has 24 heavy (non-hydrogen) atoms. The van der Waals surface area contributed by atoms with Gasteiger partial charge in [-0.15, -0.1) is 0 Å². The highest BCUT2D eigenvalue weighted by Crippen LogP contribution is 2.28.